The highest BCUT2D eigenvalue weighted by Crippen LogP contribution is 2.24. The molecule has 1 aromatic carbocycles. The summed E-state index contributed by atoms with van der Waals surface area (Å²) < 4.78 is 2.54. The molecule has 134 valence electrons. The Morgan fingerprint density at radius 1 is 1.24 bits per heavy atom. The standard InChI is InChI=1S/C18H25N5O2/c1-21(14-8-9-14)11-10-20-15-16(19)23(18(25)22(2)17(15)24)12-13-6-4-3-5-7-13/h3-7,14,20H,8-12,19H2,1-2H3. The molecule has 0 atom stereocenters. The Hall–Kier alpha value is -2.54. The lowest BCUT2D eigenvalue weighted by Crippen LogP contribution is -2.41. The average molecular weight is 343 g/mol. The fourth-order valence-electron chi connectivity index (χ4n) is 2.92. The lowest BCUT2D eigenvalue weighted by atomic mass is 10.2. The Labute approximate surface area is 146 Å². The normalized spacial score (nSPS) is 14.0. The second-order valence-corrected chi connectivity index (χ2v) is 6.62. The second-order valence-electron chi connectivity index (χ2n) is 6.62. The number of hydrogen-bond donors (Lipinski definition) is 2. The third kappa shape index (κ3) is 3.76. The molecule has 1 heterocycles. The van der Waals surface area contributed by atoms with Crippen molar-refractivity contribution in [2.24, 2.45) is 7.05 Å². The molecular formula is C18H25N5O2. The van der Waals surface area contributed by atoms with E-state index in [0.717, 1.165) is 16.7 Å². The summed E-state index contributed by atoms with van der Waals surface area (Å²) in [5, 5.41) is 3.13. The van der Waals surface area contributed by atoms with Crippen LogP contribution in [0, 0.1) is 0 Å². The molecule has 0 saturated heterocycles. The summed E-state index contributed by atoms with van der Waals surface area (Å²) in [6.45, 7) is 1.76. The van der Waals surface area contributed by atoms with Gasteiger partial charge < -0.3 is 16.0 Å². The van der Waals surface area contributed by atoms with Gasteiger partial charge in [0, 0.05) is 26.2 Å². The van der Waals surface area contributed by atoms with Crippen molar-refractivity contribution < 1.29 is 0 Å². The largest absolute Gasteiger partial charge is 0.383 e. The molecule has 25 heavy (non-hydrogen) atoms. The third-order valence-electron chi connectivity index (χ3n) is 4.70. The molecule has 2 aromatic rings. The minimum absolute atomic E-state index is 0.186. The van der Waals surface area contributed by atoms with Crippen LogP contribution >= 0.6 is 0 Å². The van der Waals surface area contributed by atoms with Crippen molar-refractivity contribution in [2.75, 3.05) is 31.2 Å². The highest BCUT2D eigenvalue weighted by molar-refractivity contribution is 5.60. The van der Waals surface area contributed by atoms with E-state index in [1.807, 2.05) is 30.3 Å². The maximum atomic E-state index is 12.5. The molecule has 1 saturated carbocycles. The van der Waals surface area contributed by atoms with Crippen LogP contribution in [0.25, 0.3) is 0 Å². The molecule has 0 aliphatic heterocycles. The number of aromatic nitrogens is 2. The molecule has 3 rings (SSSR count). The van der Waals surface area contributed by atoms with Crippen LogP contribution in [0.15, 0.2) is 39.9 Å². The third-order valence-corrected chi connectivity index (χ3v) is 4.70. The summed E-state index contributed by atoms with van der Waals surface area (Å²) in [5.74, 6) is 0.186. The predicted octanol–water partition coefficient (Wildman–Crippen LogP) is 0.684. The zero-order valence-corrected chi connectivity index (χ0v) is 14.7. The summed E-state index contributed by atoms with van der Waals surface area (Å²) >= 11 is 0. The van der Waals surface area contributed by atoms with E-state index < -0.39 is 5.69 Å². The number of nitrogens with zero attached hydrogens (tertiary/aromatic N) is 3. The first-order valence-electron chi connectivity index (χ1n) is 8.56. The van der Waals surface area contributed by atoms with Gasteiger partial charge in [0.1, 0.15) is 11.5 Å². The van der Waals surface area contributed by atoms with Gasteiger partial charge in [-0.15, -0.1) is 0 Å². The molecule has 0 radical (unpaired) electrons. The van der Waals surface area contributed by atoms with Gasteiger partial charge in [-0.1, -0.05) is 30.3 Å². The van der Waals surface area contributed by atoms with Gasteiger partial charge in [0.2, 0.25) is 0 Å². The van der Waals surface area contributed by atoms with Gasteiger partial charge in [-0.25, -0.2) is 4.79 Å². The summed E-state index contributed by atoms with van der Waals surface area (Å²) in [6.07, 6.45) is 2.48. The number of nitrogen functional groups attached to an aromatic ring is 1. The maximum Gasteiger partial charge on any atom is 0.332 e. The predicted molar refractivity (Wildman–Crippen MR) is 100 cm³/mol. The van der Waals surface area contributed by atoms with Crippen molar-refractivity contribution in [2.45, 2.75) is 25.4 Å². The van der Waals surface area contributed by atoms with Crippen LogP contribution in [0.3, 0.4) is 0 Å². The molecule has 0 spiro atoms. The summed E-state index contributed by atoms with van der Waals surface area (Å²) in [4.78, 5) is 27.2. The van der Waals surface area contributed by atoms with Crippen molar-refractivity contribution in [3.05, 3.63) is 56.7 Å². The molecule has 0 amide bonds. The zero-order valence-electron chi connectivity index (χ0n) is 14.7. The molecule has 3 N–H and O–H groups in total. The molecule has 0 unspecified atom stereocenters. The van der Waals surface area contributed by atoms with E-state index in [1.165, 1.54) is 24.5 Å². The molecule has 1 fully saturated rings. The Bertz CT molecular complexity index is 852. The van der Waals surface area contributed by atoms with Crippen molar-refractivity contribution in [1.82, 2.24) is 14.0 Å². The molecular weight excluding hydrogens is 318 g/mol. The van der Waals surface area contributed by atoms with E-state index in [4.69, 9.17) is 5.73 Å². The minimum Gasteiger partial charge on any atom is -0.383 e. The van der Waals surface area contributed by atoms with Crippen LogP contribution in [-0.4, -0.2) is 40.2 Å². The number of nitrogens with two attached hydrogens (primary N) is 1. The number of anilines is 2. The monoisotopic (exact) mass is 343 g/mol. The average Bonchev–Trinajstić information content (AvgIpc) is 3.46. The molecule has 0 bridgehead atoms. The van der Waals surface area contributed by atoms with Crippen LogP contribution in [0.1, 0.15) is 18.4 Å². The lowest BCUT2D eigenvalue weighted by Gasteiger charge is -2.19. The number of benzene rings is 1. The number of nitrogens with one attached hydrogen (secondary N) is 1. The molecule has 1 aliphatic carbocycles. The first-order chi connectivity index (χ1) is 12.0. The first kappa shape index (κ1) is 17.3. The summed E-state index contributed by atoms with van der Waals surface area (Å²) in [7, 11) is 3.56. The highest BCUT2D eigenvalue weighted by Gasteiger charge is 2.25. The van der Waals surface area contributed by atoms with Gasteiger partial charge in [0.05, 0.1) is 6.54 Å². The number of likely N-dealkylation sites (N-methyl/N-ethyl adjacent to an activating group) is 1. The molecule has 7 nitrogen and oxygen atoms in total. The minimum atomic E-state index is -0.410. The van der Waals surface area contributed by atoms with Crippen molar-refractivity contribution in [3.8, 4) is 0 Å². The Kier molecular flexibility index (Phi) is 4.94. The quantitative estimate of drug-likeness (QED) is 0.772. The van der Waals surface area contributed by atoms with E-state index in [1.54, 1.807) is 0 Å². The topological polar surface area (TPSA) is 85.3 Å². The van der Waals surface area contributed by atoms with Crippen molar-refractivity contribution in [3.63, 3.8) is 0 Å². The van der Waals surface area contributed by atoms with E-state index >= 15 is 0 Å². The highest BCUT2D eigenvalue weighted by atomic mass is 16.2. The molecule has 1 aliphatic rings. The van der Waals surface area contributed by atoms with E-state index in [9.17, 15) is 9.59 Å². The molecule has 7 heteroatoms. The van der Waals surface area contributed by atoms with Crippen LogP contribution in [-0.2, 0) is 13.6 Å². The van der Waals surface area contributed by atoms with Crippen molar-refractivity contribution in [1.29, 1.82) is 0 Å². The number of hydrogen-bond acceptors (Lipinski definition) is 5. The van der Waals surface area contributed by atoms with Crippen molar-refractivity contribution >= 4 is 11.5 Å². The van der Waals surface area contributed by atoms with Crippen LogP contribution in [0.2, 0.25) is 0 Å². The first-order valence-corrected chi connectivity index (χ1v) is 8.56. The fourth-order valence-corrected chi connectivity index (χ4v) is 2.92. The Balaban J connectivity index is 1.84. The fraction of sp³-hybridized carbons (Fsp3) is 0.444. The van der Waals surface area contributed by atoms with E-state index in [0.29, 0.717) is 24.8 Å². The van der Waals surface area contributed by atoms with Gasteiger partial charge in [-0.2, -0.15) is 0 Å². The summed E-state index contributed by atoms with van der Waals surface area (Å²) in [6, 6.07) is 10.2. The van der Waals surface area contributed by atoms with E-state index in [2.05, 4.69) is 17.3 Å². The van der Waals surface area contributed by atoms with Crippen LogP contribution in [0.5, 0.6) is 0 Å². The van der Waals surface area contributed by atoms with Gasteiger partial charge in [0.15, 0.2) is 0 Å². The second kappa shape index (κ2) is 7.14. The lowest BCUT2D eigenvalue weighted by molar-refractivity contribution is 0.337. The summed E-state index contributed by atoms with van der Waals surface area (Å²) in [5.41, 5.74) is 6.61. The van der Waals surface area contributed by atoms with E-state index in [-0.39, 0.29) is 11.4 Å². The number of rotatable bonds is 7. The zero-order chi connectivity index (χ0) is 18.0. The SMILES string of the molecule is CN(CCNc1c(N)n(Cc2ccccc2)c(=O)n(C)c1=O)C1CC1. The van der Waals surface area contributed by atoms with Crippen LogP contribution < -0.4 is 22.3 Å². The van der Waals surface area contributed by atoms with Gasteiger partial charge in [-0.05, 0) is 25.5 Å². The maximum absolute atomic E-state index is 12.5. The van der Waals surface area contributed by atoms with Gasteiger partial charge >= 0.3 is 5.69 Å². The van der Waals surface area contributed by atoms with Crippen LogP contribution in [0.4, 0.5) is 11.5 Å². The Morgan fingerprint density at radius 2 is 1.92 bits per heavy atom. The smallest absolute Gasteiger partial charge is 0.332 e. The molecule has 1 aromatic heterocycles. The van der Waals surface area contributed by atoms with Gasteiger partial charge in [0.25, 0.3) is 5.56 Å². The van der Waals surface area contributed by atoms with Gasteiger partial charge in [-0.3, -0.25) is 13.9 Å². The Morgan fingerprint density at radius 3 is 2.56 bits per heavy atom.